The molecule has 2 atom stereocenters. The Kier molecular flexibility index (Phi) is 3.69. The fraction of sp³-hybridized carbons (Fsp3) is 0.571. The molecule has 1 aromatic carbocycles. The summed E-state index contributed by atoms with van der Waals surface area (Å²) in [5, 5.41) is 13.9. The SMILES string of the molecule is COc1ccc(CC(C)(O)C2CCCN2)cc1. The molecule has 0 amide bonds. The zero-order valence-electron chi connectivity index (χ0n) is 10.6. The van der Waals surface area contributed by atoms with Crippen LogP contribution in [0.4, 0.5) is 0 Å². The molecule has 1 aliphatic rings. The van der Waals surface area contributed by atoms with E-state index in [1.807, 2.05) is 31.2 Å². The summed E-state index contributed by atoms with van der Waals surface area (Å²) in [7, 11) is 1.66. The van der Waals surface area contributed by atoms with Gasteiger partial charge in [0.25, 0.3) is 0 Å². The monoisotopic (exact) mass is 235 g/mol. The summed E-state index contributed by atoms with van der Waals surface area (Å²) in [5.74, 6) is 0.854. The van der Waals surface area contributed by atoms with Crippen molar-refractivity contribution < 1.29 is 9.84 Å². The molecule has 2 N–H and O–H groups in total. The van der Waals surface area contributed by atoms with Crippen LogP contribution in [0.1, 0.15) is 25.3 Å². The summed E-state index contributed by atoms with van der Waals surface area (Å²) in [6, 6.07) is 8.12. The average Bonchev–Trinajstić information content (AvgIpc) is 2.84. The maximum absolute atomic E-state index is 10.5. The fourth-order valence-corrected chi connectivity index (χ4v) is 2.50. The minimum atomic E-state index is -0.676. The smallest absolute Gasteiger partial charge is 0.118 e. The summed E-state index contributed by atoms with van der Waals surface area (Å²) < 4.78 is 5.12. The van der Waals surface area contributed by atoms with Gasteiger partial charge in [0.1, 0.15) is 5.75 Å². The van der Waals surface area contributed by atoms with Gasteiger partial charge in [-0.1, -0.05) is 12.1 Å². The van der Waals surface area contributed by atoms with Gasteiger partial charge in [-0.15, -0.1) is 0 Å². The molecular formula is C14H21NO2. The van der Waals surface area contributed by atoms with Crippen molar-refractivity contribution in [2.24, 2.45) is 0 Å². The van der Waals surface area contributed by atoms with E-state index in [-0.39, 0.29) is 6.04 Å². The van der Waals surface area contributed by atoms with Gasteiger partial charge >= 0.3 is 0 Å². The Morgan fingerprint density at radius 3 is 2.65 bits per heavy atom. The van der Waals surface area contributed by atoms with Crippen LogP contribution in [0.3, 0.4) is 0 Å². The summed E-state index contributed by atoms with van der Waals surface area (Å²) >= 11 is 0. The van der Waals surface area contributed by atoms with E-state index < -0.39 is 5.60 Å². The third-order valence-corrected chi connectivity index (χ3v) is 3.53. The predicted octanol–water partition coefficient (Wildman–Crippen LogP) is 1.74. The predicted molar refractivity (Wildman–Crippen MR) is 68.3 cm³/mol. The van der Waals surface area contributed by atoms with Gasteiger partial charge in [-0.05, 0) is 44.0 Å². The molecule has 1 aliphatic heterocycles. The van der Waals surface area contributed by atoms with E-state index >= 15 is 0 Å². The lowest BCUT2D eigenvalue weighted by Gasteiger charge is -2.30. The van der Waals surface area contributed by atoms with Crippen LogP contribution < -0.4 is 10.1 Å². The molecule has 0 aliphatic carbocycles. The second-order valence-electron chi connectivity index (χ2n) is 5.03. The van der Waals surface area contributed by atoms with Crippen molar-refractivity contribution in [3.63, 3.8) is 0 Å². The van der Waals surface area contributed by atoms with Gasteiger partial charge in [0.2, 0.25) is 0 Å². The summed E-state index contributed by atoms with van der Waals surface area (Å²) in [4.78, 5) is 0. The summed E-state index contributed by atoms with van der Waals surface area (Å²) in [6.07, 6.45) is 2.89. The highest BCUT2D eigenvalue weighted by Gasteiger charge is 2.33. The topological polar surface area (TPSA) is 41.5 Å². The molecule has 2 rings (SSSR count). The summed E-state index contributed by atoms with van der Waals surface area (Å²) in [6.45, 7) is 2.93. The normalized spacial score (nSPS) is 23.4. The zero-order valence-corrected chi connectivity index (χ0v) is 10.6. The van der Waals surface area contributed by atoms with Crippen LogP contribution in [0.2, 0.25) is 0 Å². The number of aliphatic hydroxyl groups is 1. The van der Waals surface area contributed by atoms with Crippen LogP contribution in [0.15, 0.2) is 24.3 Å². The van der Waals surface area contributed by atoms with E-state index in [2.05, 4.69) is 5.32 Å². The molecule has 1 fully saturated rings. The molecule has 1 heterocycles. The van der Waals surface area contributed by atoms with E-state index in [4.69, 9.17) is 4.74 Å². The van der Waals surface area contributed by atoms with Crippen molar-refractivity contribution in [3.8, 4) is 5.75 Å². The Balaban J connectivity index is 2.02. The first-order chi connectivity index (χ1) is 8.12. The van der Waals surface area contributed by atoms with Crippen molar-refractivity contribution in [3.05, 3.63) is 29.8 Å². The number of hydrogen-bond acceptors (Lipinski definition) is 3. The van der Waals surface area contributed by atoms with E-state index in [9.17, 15) is 5.11 Å². The first kappa shape index (κ1) is 12.4. The Hall–Kier alpha value is -1.06. The van der Waals surface area contributed by atoms with Gasteiger partial charge in [0.05, 0.1) is 12.7 Å². The molecule has 0 bridgehead atoms. The number of ether oxygens (including phenoxy) is 1. The van der Waals surface area contributed by atoms with Gasteiger partial charge < -0.3 is 15.2 Å². The Morgan fingerprint density at radius 2 is 2.12 bits per heavy atom. The van der Waals surface area contributed by atoms with Crippen LogP contribution in [0.25, 0.3) is 0 Å². The van der Waals surface area contributed by atoms with Crippen molar-refractivity contribution in [1.82, 2.24) is 5.32 Å². The molecule has 17 heavy (non-hydrogen) atoms. The molecule has 0 saturated carbocycles. The van der Waals surface area contributed by atoms with Crippen molar-refractivity contribution >= 4 is 0 Å². The Bertz CT molecular complexity index is 353. The van der Waals surface area contributed by atoms with Crippen LogP contribution in [0.5, 0.6) is 5.75 Å². The molecule has 94 valence electrons. The first-order valence-electron chi connectivity index (χ1n) is 6.20. The molecule has 3 heteroatoms. The number of nitrogens with one attached hydrogen (secondary N) is 1. The molecule has 1 saturated heterocycles. The fourth-order valence-electron chi connectivity index (χ4n) is 2.50. The first-order valence-corrected chi connectivity index (χ1v) is 6.20. The van der Waals surface area contributed by atoms with Gasteiger partial charge in [-0.25, -0.2) is 0 Å². The third kappa shape index (κ3) is 2.99. The summed E-state index contributed by atoms with van der Waals surface area (Å²) in [5.41, 5.74) is 0.468. The molecule has 0 aromatic heterocycles. The van der Waals surface area contributed by atoms with Crippen LogP contribution in [-0.4, -0.2) is 30.4 Å². The maximum atomic E-state index is 10.5. The van der Waals surface area contributed by atoms with Crippen molar-refractivity contribution in [2.75, 3.05) is 13.7 Å². The minimum Gasteiger partial charge on any atom is -0.497 e. The Morgan fingerprint density at radius 1 is 1.41 bits per heavy atom. The number of rotatable bonds is 4. The highest BCUT2D eigenvalue weighted by molar-refractivity contribution is 5.28. The van der Waals surface area contributed by atoms with Gasteiger partial charge in [0, 0.05) is 12.5 Å². The van der Waals surface area contributed by atoms with Gasteiger partial charge in [0.15, 0.2) is 0 Å². The van der Waals surface area contributed by atoms with Crippen LogP contribution >= 0.6 is 0 Å². The lowest BCUT2D eigenvalue weighted by atomic mass is 9.88. The quantitative estimate of drug-likeness (QED) is 0.835. The second-order valence-corrected chi connectivity index (χ2v) is 5.03. The molecule has 0 radical (unpaired) electrons. The molecule has 0 spiro atoms. The van der Waals surface area contributed by atoms with Crippen LogP contribution in [0, 0.1) is 0 Å². The lowest BCUT2D eigenvalue weighted by molar-refractivity contribution is 0.0262. The standard InChI is InChI=1S/C14H21NO2/c1-14(16,13-4-3-9-15-13)10-11-5-7-12(17-2)8-6-11/h5-8,13,15-16H,3-4,9-10H2,1-2H3. The third-order valence-electron chi connectivity index (χ3n) is 3.53. The number of benzene rings is 1. The number of methoxy groups -OCH3 is 1. The second kappa shape index (κ2) is 5.07. The zero-order chi connectivity index (χ0) is 12.3. The van der Waals surface area contributed by atoms with Gasteiger partial charge in [-0.3, -0.25) is 0 Å². The van der Waals surface area contributed by atoms with E-state index in [0.717, 1.165) is 30.7 Å². The number of hydrogen-bond donors (Lipinski definition) is 2. The molecule has 1 aromatic rings. The van der Waals surface area contributed by atoms with Crippen molar-refractivity contribution in [2.45, 2.75) is 37.8 Å². The molecule has 3 nitrogen and oxygen atoms in total. The molecule has 2 unspecified atom stereocenters. The van der Waals surface area contributed by atoms with E-state index in [0.29, 0.717) is 6.42 Å². The van der Waals surface area contributed by atoms with Crippen molar-refractivity contribution in [1.29, 1.82) is 0 Å². The minimum absolute atomic E-state index is 0.213. The maximum Gasteiger partial charge on any atom is 0.118 e. The average molecular weight is 235 g/mol. The Labute approximate surface area is 103 Å². The highest BCUT2D eigenvalue weighted by atomic mass is 16.5. The van der Waals surface area contributed by atoms with E-state index in [1.165, 1.54) is 0 Å². The van der Waals surface area contributed by atoms with E-state index in [1.54, 1.807) is 7.11 Å². The van der Waals surface area contributed by atoms with Crippen LogP contribution in [-0.2, 0) is 6.42 Å². The lowest BCUT2D eigenvalue weighted by Crippen LogP contribution is -2.46. The highest BCUT2D eigenvalue weighted by Crippen LogP contribution is 2.24. The van der Waals surface area contributed by atoms with Gasteiger partial charge in [-0.2, -0.15) is 0 Å². The largest absolute Gasteiger partial charge is 0.497 e. The molecular weight excluding hydrogens is 214 g/mol.